The van der Waals surface area contributed by atoms with Crippen LogP contribution in [0.15, 0.2) is 36.5 Å². The van der Waals surface area contributed by atoms with Crippen LogP contribution < -0.4 is 5.32 Å². The molecule has 0 radical (unpaired) electrons. The van der Waals surface area contributed by atoms with Gasteiger partial charge in [-0.2, -0.15) is 11.8 Å². The van der Waals surface area contributed by atoms with Crippen LogP contribution in [0.3, 0.4) is 0 Å². The molecule has 1 aromatic heterocycles. The van der Waals surface area contributed by atoms with Crippen LogP contribution in [0.5, 0.6) is 0 Å². The van der Waals surface area contributed by atoms with Crippen molar-refractivity contribution in [1.29, 1.82) is 0 Å². The van der Waals surface area contributed by atoms with Gasteiger partial charge in [0, 0.05) is 5.25 Å². The number of aromatic nitrogens is 3. The highest BCUT2D eigenvalue weighted by Crippen LogP contribution is 2.35. The van der Waals surface area contributed by atoms with Gasteiger partial charge in [0.1, 0.15) is 0 Å². The third-order valence-electron chi connectivity index (χ3n) is 3.91. The van der Waals surface area contributed by atoms with E-state index >= 15 is 0 Å². The van der Waals surface area contributed by atoms with Crippen molar-refractivity contribution in [2.45, 2.75) is 37.5 Å². The molecule has 0 aliphatic carbocycles. The van der Waals surface area contributed by atoms with Crippen LogP contribution in [0.2, 0.25) is 0 Å². The van der Waals surface area contributed by atoms with Crippen LogP contribution in [-0.2, 0) is 0 Å². The first-order valence-electron chi connectivity index (χ1n) is 7.71. The Balaban J connectivity index is 1.91. The second kappa shape index (κ2) is 7.09. The number of hydrogen-bond acceptors (Lipinski definition) is 4. The van der Waals surface area contributed by atoms with Crippen molar-refractivity contribution in [3.8, 4) is 5.69 Å². The van der Waals surface area contributed by atoms with Gasteiger partial charge in [-0.3, -0.25) is 0 Å². The first-order chi connectivity index (χ1) is 10.4. The van der Waals surface area contributed by atoms with Crippen molar-refractivity contribution in [3.63, 3.8) is 0 Å². The SMILES string of the molecule is CCNC(c1cnnn1-c1ccccc1)C1CCCCS1. The Morgan fingerprint density at radius 1 is 1.33 bits per heavy atom. The summed E-state index contributed by atoms with van der Waals surface area (Å²) in [5, 5.41) is 12.7. The zero-order chi connectivity index (χ0) is 14.5. The van der Waals surface area contributed by atoms with Crippen LogP contribution in [0.25, 0.3) is 5.69 Å². The second-order valence-electron chi connectivity index (χ2n) is 5.35. The molecule has 1 saturated heterocycles. The maximum atomic E-state index is 4.30. The van der Waals surface area contributed by atoms with Crippen LogP contribution in [0, 0.1) is 0 Å². The van der Waals surface area contributed by atoms with E-state index in [0.717, 1.165) is 12.2 Å². The number of thioether (sulfide) groups is 1. The number of para-hydroxylation sites is 1. The highest BCUT2D eigenvalue weighted by molar-refractivity contribution is 8.00. The minimum absolute atomic E-state index is 0.315. The van der Waals surface area contributed by atoms with E-state index in [0.29, 0.717) is 11.3 Å². The van der Waals surface area contributed by atoms with Gasteiger partial charge in [0.15, 0.2) is 0 Å². The average molecular weight is 302 g/mol. The largest absolute Gasteiger partial charge is 0.308 e. The Morgan fingerprint density at radius 2 is 2.19 bits per heavy atom. The number of nitrogens with zero attached hydrogens (tertiary/aromatic N) is 3. The molecule has 0 amide bonds. The van der Waals surface area contributed by atoms with Crippen molar-refractivity contribution < 1.29 is 0 Å². The third kappa shape index (κ3) is 3.30. The van der Waals surface area contributed by atoms with Crippen LogP contribution in [0.4, 0.5) is 0 Å². The molecule has 1 aliphatic rings. The summed E-state index contributed by atoms with van der Waals surface area (Å²) in [7, 11) is 0. The van der Waals surface area contributed by atoms with E-state index in [2.05, 4.69) is 46.4 Å². The standard InChI is InChI=1S/C16H22N4S/c1-2-17-16(15-10-6-7-11-21-15)14-12-18-19-20(14)13-8-4-3-5-9-13/h3-5,8-9,12,15-17H,2,6-7,10-11H2,1H3. The Labute approximate surface area is 130 Å². The molecule has 0 saturated carbocycles. The fourth-order valence-corrected chi connectivity index (χ4v) is 4.33. The van der Waals surface area contributed by atoms with E-state index in [-0.39, 0.29) is 0 Å². The average Bonchev–Trinajstić information content (AvgIpc) is 3.03. The lowest BCUT2D eigenvalue weighted by atomic mass is 10.0. The van der Waals surface area contributed by atoms with Gasteiger partial charge in [-0.25, -0.2) is 4.68 Å². The molecule has 5 heteroatoms. The molecule has 21 heavy (non-hydrogen) atoms. The van der Waals surface area contributed by atoms with Gasteiger partial charge in [-0.05, 0) is 37.3 Å². The number of nitrogens with one attached hydrogen (secondary N) is 1. The van der Waals surface area contributed by atoms with Gasteiger partial charge < -0.3 is 5.32 Å². The van der Waals surface area contributed by atoms with E-state index in [9.17, 15) is 0 Å². The van der Waals surface area contributed by atoms with E-state index in [4.69, 9.17) is 0 Å². The lowest BCUT2D eigenvalue weighted by molar-refractivity contribution is 0.472. The molecule has 1 N–H and O–H groups in total. The van der Waals surface area contributed by atoms with Crippen LogP contribution in [-0.4, -0.2) is 32.5 Å². The zero-order valence-electron chi connectivity index (χ0n) is 12.4. The molecular weight excluding hydrogens is 280 g/mol. The fourth-order valence-electron chi connectivity index (χ4n) is 2.90. The van der Waals surface area contributed by atoms with Crippen LogP contribution >= 0.6 is 11.8 Å². The molecule has 4 nitrogen and oxygen atoms in total. The second-order valence-corrected chi connectivity index (χ2v) is 6.69. The summed E-state index contributed by atoms with van der Waals surface area (Å²) in [6.07, 6.45) is 5.85. The fraction of sp³-hybridized carbons (Fsp3) is 0.500. The Hall–Kier alpha value is -1.33. The molecule has 0 spiro atoms. The summed E-state index contributed by atoms with van der Waals surface area (Å²) < 4.78 is 1.97. The quantitative estimate of drug-likeness (QED) is 0.921. The molecule has 0 bridgehead atoms. The molecule has 2 atom stereocenters. The van der Waals surface area contributed by atoms with Gasteiger partial charge in [-0.15, -0.1) is 5.10 Å². The molecule has 112 valence electrons. The Bertz CT molecular complexity index is 548. The van der Waals surface area contributed by atoms with E-state index in [1.54, 1.807) is 0 Å². The molecule has 2 aromatic rings. The predicted molar refractivity (Wildman–Crippen MR) is 87.9 cm³/mol. The smallest absolute Gasteiger partial charge is 0.0826 e. The van der Waals surface area contributed by atoms with Gasteiger partial charge in [0.25, 0.3) is 0 Å². The monoisotopic (exact) mass is 302 g/mol. The summed E-state index contributed by atoms with van der Waals surface area (Å²) in [5.74, 6) is 1.26. The van der Waals surface area contributed by atoms with Crippen molar-refractivity contribution in [2.75, 3.05) is 12.3 Å². The summed E-state index contributed by atoms with van der Waals surface area (Å²) >= 11 is 2.08. The first kappa shape index (κ1) is 14.6. The summed E-state index contributed by atoms with van der Waals surface area (Å²) in [4.78, 5) is 0. The van der Waals surface area contributed by atoms with Gasteiger partial charge in [0.2, 0.25) is 0 Å². The Morgan fingerprint density at radius 3 is 2.90 bits per heavy atom. The topological polar surface area (TPSA) is 42.7 Å². The molecule has 2 heterocycles. The number of rotatable bonds is 5. The minimum Gasteiger partial charge on any atom is -0.308 e. The molecule has 1 aromatic carbocycles. The molecule has 3 rings (SSSR count). The highest BCUT2D eigenvalue weighted by atomic mass is 32.2. The molecular formula is C16H22N4S. The number of benzene rings is 1. The zero-order valence-corrected chi connectivity index (χ0v) is 13.2. The normalized spacial score (nSPS) is 20.3. The first-order valence-corrected chi connectivity index (χ1v) is 8.76. The third-order valence-corrected chi connectivity index (χ3v) is 5.37. The van der Waals surface area contributed by atoms with Gasteiger partial charge in [-0.1, -0.05) is 36.8 Å². The van der Waals surface area contributed by atoms with E-state index in [1.165, 1.54) is 30.7 Å². The summed E-state index contributed by atoms with van der Waals surface area (Å²) in [6, 6.07) is 10.6. The van der Waals surface area contributed by atoms with Crippen molar-refractivity contribution in [2.24, 2.45) is 0 Å². The van der Waals surface area contributed by atoms with Crippen molar-refractivity contribution in [3.05, 3.63) is 42.2 Å². The summed E-state index contributed by atoms with van der Waals surface area (Å²) in [5.41, 5.74) is 2.25. The lowest BCUT2D eigenvalue weighted by Gasteiger charge is -2.30. The predicted octanol–water partition coefficient (Wildman–Crippen LogP) is 3.20. The van der Waals surface area contributed by atoms with Crippen molar-refractivity contribution in [1.82, 2.24) is 20.3 Å². The van der Waals surface area contributed by atoms with E-state index < -0.39 is 0 Å². The van der Waals surface area contributed by atoms with Gasteiger partial charge in [0.05, 0.1) is 23.6 Å². The lowest BCUT2D eigenvalue weighted by Crippen LogP contribution is -2.33. The Kier molecular flexibility index (Phi) is 4.93. The molecule has 1 fully saturated rings. The summed E-state index contributed by atoms with van der Waals surface area (Å²) in [6.45, 7) is 3.12. The van der Waals surface area contributed by atoms with E-state index in [1.807, 2.05) is 29.1 Å². The maximum absolute atomic E-state index is 4.30. The molecule has 1 aliphatic heterocycles. The van der Waals surface area contributed by atoms with Gasteiger partial charge >= 0.3 is 0 Å². The highest BCUT2D eigenvalue weighted by Gasteiger charge is 2.28. The van der Waals surface area contributed by atoms with Crippen molar-refractivity contribution >= 4 is 11.8 Å². The van der Waals surface area contributed by atoms with Crippen LogP contribution in [0.1, 0.15) is 37.9 Å². The number of hydrogen-bond donors (Lipinski definition) is 1. The minimum atomic E-state index is 0.315. The maximum Gasteiger partial charge on any atom is 0.0826 e. The molecule has 2 unspecified atom stereocenters.